The quantitative estimate of drug-likeness (QED) is 0.207. The highest BCUT2D eigenvalue weighted by Gasteiger charge is 2.68. The van der Waals surface area contributed by atoms with E-state index in [1.165, 1.54) is 31.1 Å². The second kappa shape index (κ2) is 9.50. The van der Waals surface area contributed by atoms with Crippen LogP contribution in [0.1, 0.15) is 41.6 Å². The molecule has 0 saturated heterocycles. The summed E-state index contributed by atoms with van der Waals surface area (Å²) in [4.78, 5) is 64.7. The molecule has 0 heterocycles. The molecule has 0 aromatic heterocycles. The van der Waals surface area contributed by atoms with Gasteiger partial charge in [0.25, 0.3) is 5.91 Å². The molecule has 0 bridgehead atoms. The van der Waals surface area contributed by atoms with Gasteiger partial charge in [-0.3, -0.25) is 28.9 Å². The first kappa shape index (κ1) is 27.8. The lowest BCUT2D eigenvalue weighted by Crippen LogP contribution is -2.69. The number of carboxylic acid groups (broad SMARTS) is 1. The number of aliphatic hydroxyl groups excluding tert-OH is 2. The number of carbonyl (C=O) groups is 5. The average molecular weight is 545 g/mol. The molecule has 0 saturated carbocycles. The van der Waals surface area contributed by atoms with E-state index < -0.39 is 106 Å². The number of fused-ring (bicyclic) bond motifs is 3. The highest BCUT2D eigenvalue weighted by molar-refractivity contribution is 6.25. The van der Waals surface area contributed by atoms with Gasteiger partial charge in [0.05, 0.1) is 30.4 Å². The van der Waals surface area contributed by atoms with Gasteiger partial charge >= 0.3 is 11.9 Å². The van der Waals surface area contributed by atoms with Crippen LogP contribution in [0.4, 0.5) is 0 Å². The van der Waals surface area contributed by atoms with Gasteiger partial charge < -0.3 is 36.0 Å². The van der Waals surface area contributed by atoms with E-state index in [2.05, 4.69) is 0 Å². The number of hydrogen-bond donors (Lipinski definition) is 6. The van der Waals surface area contributed by atoms with Gasteiger partial charge in [0.15, 0.2) is 11.4 Å². The van der Waals surface area contributed by atoms with Crippen LogP contribution in [-0.4, -0.2) is 91.7 Å². The molecular formula is C26H28N2O11. The maximum absolute atomic E-state index is 13.7. The Balaban J connectivity index is 2.04. The Labute approximate surface area is 221 Å². The Kier molecular flexibility index (Phi) is 6.77. The highest BCUT2D eigenvalue weighted by atomic mass is 16.5. The summed E-state index contributed by atoms with van der Waals surface area (Å²) in [5.41, 5.74) is 0.884. The zero-order valence-electron chi connectivity index (χ0n) is 21.2. The molecule has 208 valence electrons. The van der Waals surface area contributed by atoms with Crippen molar-refractivity contribution in [2.75, 3.05) is 14.1 Å². The number of amides is 1. The van der Waals surface area contributed by atoms with E-state index in [9.17, 15) is 44.4 Å². The number of ether oxygens (including phenoxy) is 1. The molecule has 13 heteroatoms. The number of primary amides is 1. The Hall–Kier alpha value is -4.23. The van der Waals surface area contributed by atoms with E-state index >= 15 is 0 Å². The number of rotatable bonds is 6. The first-order valence-corrected chi connectivity index (χ1v) is 12.0. The van der Waals surface area contributed by atoms with Crippen molar-refractivity contribution in [3.05, 3.63) is 52.0 Å². The van der Waals surface area contributed by atoms with Gasteiger partial charge in [0.2, 0.25) is 5.78 Å². The molecule has 1 amide bonds. The summed E-state index contributed by atoms with van der Waals surface area (Å²) >= 11 is 0. The first-order chi connectivity index (χ1) is 18.2. The number of likely N-dealkylation sites (N-methyl/N-ethyl adjacent to an activating group) is 1. The highest BCUT2D eigenvalue weighted by Crippen LogP contribution is 2.56. The molecule has 1 aromatic carbocycles. The molecule has 6 unspecified atom stereocenters. The lowest BCUT2D eigenvalue weighted by molar-refractivity contribution is -0.181. The van der Waals surface area contributed by atoms with Crippen molar-refractivity contribution in [1.29, 1.82) is 0 Å². The SMILES string of the molecule is CC1c2cccc(O)c2C(=O)C2=C(O)C3(O)C(=O)C(C(N)=O)=C(O)C(N(C)C)C3C(OC(=O)CCC(=O)O)C21. The molecular weight excluding hydrogens is 516 g/mol. The standard InChI is InChI=1S/C26H28N2O11/c1-9-10-5-4-6-11(29)15(10)20(33)16-14(9)22(39-13(32)8-7-12(30)31)18-19(28(2)3)21(34)17(25(27)37)24(36)26(18,38)23(16)35/h4-6,9,14,18-19,22,29,34-35,38H,7-8H2,1-3H3,(H2,27,37)(H,30,31). The summed E-state index contributed by atoms with van der Waals surface area (Å²) < 4.78 is 5.68. The fraction of sp³-hybridized carbons (Fsp3) is 0.423. The van der Waals surface area contributed by atoms with Crippen LogP contribution in [0.2, 0.25) is 0 Å². The van der Waals surface area contributed by atoms with Crippen LogP contribution in [0.5, 0.6) is 5.75 Å². The number of aromatic hydroxyl groups is 1. The number of nitrogens with zero attached hydrogens (tertiary/aromatic N) is 1. The number of esters is 1. The second-order valence-corrected chi connectivity index (χ2v) is 10.1. The minimum absolute atomic E-state index is 0.193. The third kappa shape index (κ3) is 3.96. The molecule has 3 aliphatic carbocycles. The van der Waals surface area contributed by atoms with Crippen LogP contribution in [0.25, 0.3) is 0 Å². The van der Waals surface area contributed by atoms with Gasteiger partial charge in [-0.2, -0.15) is 0 Å². The van der Waals surface area contributed by atoms with Crippen molar-refractivity contribution < 1.29 is 54.2 Å². The van der Waals surface area contributed by atoms with Crippen molar-refractivity contribution in [3.8, 4) is 5.75 Å². The Morgan fingerprint density at radius 2 is 1.74 bits per heavy atom. The number of Topliss-reactive ketones (excluding diaryl/α,β-unsaturated/α-hetero) is 2. The maximum Gasteiger partial charge on any atom is 0.306 e. The van der Waals surface area contributed by atoms with Gasteiger partial charge in [0.1, 0.15) is 28.9 Å². The van der Waals surface area contributed by atoms with E-state index in [0.717, 1.165) is 0 Å². The molecule has 0 fully saturated rings. The molecule has 13 nitrogen and oxygen atoms in total. The summed E-state index contributed by atoms with van der Waals surface area (Å²) in [6, 6.07) is 2.85. The third-order valence-electron chi connectivity index (χ3n) is 7.78. The Bertz CT molecular complexity index is 1380. The number of aliphatic hydroxyl groups is 3. The van der Waals surface area contributed by atoms with Crippen molar-refractivity contribution in [1.82, 2.24) is 4.90 Å². The maximum atomic E-state index is 13.7. The van der Waals surface area contributed by atoms with Crippen molar-refractivity contribution in [2.45, 2.75) is 43.4 Å². The number of aliphatic carboxylic acids is 1. The van der Waals surface area contributed by atoms with Crippen LogP contribution in [0.15, 0.2) is 40.9 Å². The van der Waals surface area contributed by atoms with Crippen molar-refractivity contribution in [3.63, 3.8) is 0 Å². The van der Waals surface area contributed by atoms with Gasteiger partial charge in [-0.25, -0.2) is 0 Å². The van der Waals surface area contributed by atoms with E-state index in [-0.39, 0.29) is 5.56 Å². The van der Waals surface area contributed by atoms with E-state index in [0.29, 0.717) is 5.56 Å². The molecule has 3 aliphatic rings. The smallest absolute Gasteiger partial charge is 0.306 e. The fourth-order valence-corrected chi connectivity index (χ4v) is 6.11. The minimum Gasteiger partial charge on any atom is -0.510 e. The van der Waals surface area contributed by atoms with Crippen LogP contribution in [0.3, 0.4) is 0 Å². The number of phenols is 1. The number of carbonyl (C=O) groups excluding carboxylic acids is 4. The summed E-state index contributed by atoms with van der Waals surface area (Å²) in [5.74, 6) is -12.2. The lowest BCUT2D eigenvalue weighted by atomic mass is 9.55. The Morgan fingerprint density at radius 1 is 1.10 bits per heavy atom. The molecule has 7 N–H and O–H groups in total. The normalized spacial score (nSPS) is 30.0. The van der Waals surface area contributed by atoms with Gasteiger partial charge in [-0.05, 0) is 31.6 Å². The van der Waals surface area contributed by atoms with Crippen LogP contribution >= 0.6 is 0 Å². The van der Waals surface area contributed by atoms with Gasteiger partial charge in [-0.15, -0.1) is 0 Å². The summed E-state index contributed by atoms with van der Waals surface area (Å²) in [6.45, 7) is 1.62. The molecule has 0 radical (unpaired) electrons. The number of hydrogen-bond acceptors (Lipinski definition) is 11. The van der Waals surface area contributed by atoms with Gasteiger partial charge in [0, 0.05) is 11.5 Å². The molecule has 4 rings (SSSR count). The molecule has 6 atom stereocenters. The number of carboxylic acids is 1. The molecule has 0 aliphatic heterocycles. The topological polar surface area (TPSA) is 225 Å². The van der Waals surface area contributed by atoms with E-state index in [1.807, 2.05) is 0 Å². The average Bonchev–Trinajstić information content (AvgIpc) is 2.84. The largest absolute Gasteiger partial charge is 0.510 e. The summed E-state index contributed by atoms with van der Waals surface area (Å²) in [6.07, 6.45) is -2.79. The van der Waals surface area contributed by atoms with Crippen molar-refractivity contribution in [2.24, 2.45) is 17.6 Å². The summed E-state index contributed by atoms with van der Waals surface area (Å²) in [5, 5.41) is 53.8. The minimum atomic E-state index is -3.06. The fourth-order valence-electron chi connectivity index (χ4n) is 6.11. The van der Waals surface area contributed by atoms with Crippen LogP contribution in [-0.2, 0) is 23.9 Å². The summed E-state index contributed by atoms with van der Waals surface area (Å²) in [7, 11) is 2.86. The Morgan fingerprint density at radius 3 is 2.31 bits per heavy atom. The van der Waals surface area contributed by atoms with Gasteiger partial charge in [-0.1, -0.05) is 19.1 Å². The zero-order chi connectivity index (χ0) is 29.1. The number of ketones is 2. The first-order valence-electron chi connectivity index (χ1n) is 12.0. The monoisotopic (exact) mass is 544 g/mol. The molecule has 39 heavy (non-hydrogen) atoms. The van der Waals surface area contributed by atoms with Crippen LogP contribution < -0.4 is 5.73 Å². The van der Waals surface area contributed by atoms with Crippen LogP contribution in [0, 0.1) is 11.8 Å². The van der Waals surface area contributed by atoms with E-state index in [1.54, 1.807) is 13.0 Å². The number of benzene rings is 1. The zero-order valence-corrected chi connectivity index (χ0v) is 21.2. The van der Waals surface area contributed by atoms with E-state index in [4.69, 9.17) is 15.6 Å². The predicted molar refractivity (Wildman–Crippen MR) is 131 cm³/mol. The second-order valence-electron chi connectivity index (χ2n) is 10.1. The lowest BCUT2D eigenvalue weighted by Gasteiger charge is -2.54. The predicted octanol–water partition coefficient (Wildman–Crippen LogP) is 0.0681. The number of nitrogens with two attached hydrogens (primary N) is 1. The molecule has 0 spiro atoms. The third-order valence-corrected chi connectivity index (χ3v) is 7.78. The molecule has 1 aromatic rings. The number of phenolic OH excluding ortho intramolecular Hbond substituents is 1. The van der Waals surface area contributed by atoms with Crippen molar-refractivity contribution >= 4 is 29.4 Å².